The average molecular weight is 514 g/mol. The van der Waals surface area contributed by atoms with Crippen molar-refractivity contribution >= 4 is 18.0 Å². The summed E-state index contributed by atoms with van der Waals surface area (Å²) in [6.45, 7) is 9.80. The molecule has 1 saturated heterocycles. The summed E-state index contributed by atoms with van der Waals surface area (Å²) in [4.78, 5) is 38.5. The second-order valence-corrected chi connectivity index (χ2v) is 11.0. The topological polar surface area (TPSA) is 102 Å². The van der Waals surface area contributed by atoms with E-state index in [0.717, 1.165) is 38.5 Å². The summed E-state index contributed by atoms with van der Waals surface area (Å²) in [5.74, 6) is -0.745. The summed E-state index contributed by atoms with van der Waals surface area (Å²) in [6.07, 6.45) is 11.3. The molecule has 0 aromatic rings. The Morgan fingerprint density at radius 1 is 0.917 bits per heavy atom. The SMILES string of the molecule is CCCCCCCC(CCCCC)OC(=O)CCCCOC(=O)C1CC(O)CN1C(=O)OC(C)(C)C. The number of amides is 1. The Morgan fingerprint density at radius 2 is 1.53 bits per heavy atom. The lowest BCUT2D eigenvalue weighted by Gasteiger charge is -2.27. The van der Waals surface area contributed by atoms with E-state index in [1.807, 2.05) is 0 Å². The number of carbonyl (C=O) groups is 3. The first-order chi connectivity index (χ1) is 17.1. The van der Waals surface area contributed by atoms with Crippen LogP contribution < -0.4 is 0 Å². The molecule has 1 rings (SSSR count). The van der Waals surface area contributed by atoms with E-state index in [9.17, 15) is 19.5 Å². The molecular weight excluding hydrogens is 462 g/mol. The number of nitrogens with zero attached hydrogens (tertiary/aromatic N) is 1. The van der Waals surface area contributed by atoms with E-state index in [1.54, 1.807) is 20.8 Å². The highest BCUT2D eigenvalue weighted by Gasteiger charge is 2.41. The number of carbonyl (C=O) groups excluding carboxylic acids is 3. The van der Waals surface area contributed by atoms with Crippen LogP contribution in [0.3, 0.4) is 0 Å². The molecule has 0 saturated carbocycles. The molecule has 1 fully saturated rings. The minimum Gasteiger partial charge on any atom is -0.464 e. The van der Waals surface area contributed by atoms with E-state index in [0.29, 0.717) is 19.3 Å². The van der Waals surface area contributed by atoms with Crippen LogP contribution in [0.2, 0.25) is 0 Å². The predicted octanol–water partition coefficient (Wildman–Crippen LogP) is 5.92. The van der Waals surface area contributed by atoms with Gasteiger partial charge >= 0.3 is 18.0 Å². The molecule has 3 unspecified atom stereocenters. The molecule has 1 amide bonds. The summed E-state index contributed by atoms with van der Waals surface area (Å²) >= 11 is 0. The van der Waals surface area contributed by atoms with Crippen LogP contribution in [0.4, 0.5) is 4.79 Å². The molecule has 36 heavy (non-hydrogen) atoms. The van der Waals surface area contributed by atoms with Crippen molar-refractivity contribution in [2.45, 2.75) is 148 Å². The first kappa shape index (κ1) is 32.2. The number of hydrogen-bond donors (Lipinski definition) is 1. The van der Waals surface area contributed by atoms with Crippen molar-refractivity contribution in [3.63, 3.8) is 0 Å². The fourth-order valence-electron chi connectivity index (χ4n) is 4.30. The Hall–Kier alpha value is -1.83. The smallest absolute Gasteiger partial charge is 0.411 e. The van der Waals surface area contributed by atoms with Crippen LogP contribution >= 0.6 is 0 Å². The van der Waals surface area contributed by atoms with Crippen molar-refractivity contribution in [3.05, 3.63) is 0 Å². The van der Waals surface area contributed by atoms with Crippen LogP contribution in [0.5, 0.6) is 0 Å². The van der Waals surface area contributed by atoms with Gasteiger partial charge in [-0.25, -0.2) is 9.59 Å². The van der Waals surface area contributed by atoms with Gasteiger partial charge in [-0.2, -0.15) is 0 Å². The van der Waals surface area contributed by atoms with Crippen molar-refractivity contribution in [2.24, 2.45) is 0 Å². The summed E-state index contributed by atoms with van der Waals surface area (Å²) in [5, 5.41) is 9.96. The van der Waals surface area contributed by atoms with Crippen molar-refractivity contribution in [2.75, 3.05) is 13.2 Å². The van der Waals surface area contributed by atoms with E-state index in [-0.39, 0.29) is 31.6 Å². The lowest BCUT2D eigenvalue weighted by Crippen LogP contribution is -2.44. The second-order valence-electron chi connectivity index (χ2n) is 11.0. The Labute approximate surface area is 218 Å². The number of β-amino-alcohol motifs (C(OH)–C–C–N with tert-alkyl or cyclic N) is 1. The molecular formula is C28H51NO7. The summed E-state index contributed by atoms with van der Waals surface area (Å²) in [6, 6.07) is -0.860. The third kappa shape index (κ3) is 14.0. The fourth-order valence-corrected chi connectivity index (χ4v) is 4.30. The van der Waals surface area contributed by atoms with Gasteiger partial charge in [0.15, 0.2) is 0 Å². The number of aliphatic hydroxyl groups is 1. The zero-order valence-corrected chi connectivity index (χ0v) is 23.4. The highest BCUT2D eigenvalue weighted by molar-refractivity contribution is 5.82. The van der Waals surface area contributed by atoms with Crippen LogP contribution in [-0.2, 0) is 23.8 Å². The van der Waals surface area contributed by atoms with Crippen molar-refractivity contribution in [1.82, 2.24) is 4.90 Å². The number of esters is 2. The van der Waals surface area contributed by atoms with Crippen molar-refractivity contribution < 1.29 is 33.7 Å². The zero-order valence-electron chi connectivity index (χ0n) is 23.4. The molecule has 8 nitrogen and oxygen atoms in total. The van der Waals surface area contributed by atoms with Gasteiger partial charge in [-0.3, -0.25) is 9.69 Å². The second kappa shape index (κ2) is 17.6. The molecule has 0 spiro atoms. The summed E-state index contributed by atoms with van der Waals surface area (Å²) < 4.78 is 16.5. The maximum atomic E-state index is 12.5. The van der Waals surface area contributed by atoms with Gasteiger partial charge in [0.2, 0.25) is 0 Å². The third-order valence-electron chi connectivity index (χ3n) is 6.26. The van der Waals surface area contributed by atoms with Crippen molar-refractivity contribution in [3.8, 4) is 0 Å². The Morgan fingerprint density at radius 3 is 2.17 bits per heavy atom. The van der Waals surface area contributed by atoms with Gasteiger partial charge in [-0.15, -0.1) is 0 Å². The van der Waals surface area contributed by atoms with E-state index in [2.05, 4.69) is 13.8 Å². The van der Waals surface area contributed by atoms with Crippen LogP contribution in [0.1, 0.15) is 125 Å². The Bertz CT molecular complexity index is 646. The normalized spacial score (nSPS) is 18.7. The van der Waals surface area contributed by atoms with Crippen LogP contribution in [0.15, 0.2) is 0 Å². The molecule has 1 aliphatic rings. The third-order valence-corrected chi connectivity index (χ3v) is 6.26. The number of ether oxygens (including phenoxy) is 3. The molecule has 1 aliphatic heterocycles. The van der Waals surface area contributed by atoms with E-state index >= 15 is 0 Å². The number of unbranched alkanes of at least 4 members (excludes halogenated alkanes) is 7. The van der Waals surface area contributed by atoms with Crippen LogP contribution in [0.25, 0.3) is 0 Å². The molecule has 8 heteroatoms. The lowest BCUT2D eigenvalue weighted by atomic mass is 10.0. The standard InChI is InChI=1S/C28H51NO7/c1-6-8-10-11-13-17-23(16-12-9-7-2)35-25(31)18-14-15-19-34-26(32)24-20-22(30)21-29(24)27(33)36-28(3,4)5/h22-24,30H,6-21H2,1-5H3. The molecule has 210 valence electrons. The molecule has 1 heterocycles. The molecule has 0 bridgehead atoms. The molecule has 0 aliphatic carbocycles. The summed E-state index contributed by atoms with van der Waals surface area (Å²) in [5.41, 5.74) is -0.697. The number of aliphatic hydroxyl groups excluding tert-OH is 1. The van der Waals surface area contributed by atoms with Gasteiger partial charge in [0.1, 0.15) is 17.7 Å². The minimum absolute atomic E-state index is 0.00358. The number of likely N-dealkylation sites (tertiary alicyclic amines) is 1. The van der Waals surface area contributed by atoms with E-state index in [1.165, 1.54) is 30.6 Å². The van der Waals surface area contributed by atoms with E-state index < -0.39 is 29.8 Å². The van der Waals surface area contributed by atoms with Gasteiger partial charge in [-0.05, 0) is 59.3 Å². The van der Waals surface area contributed by atoms with Crippen molar-refractivity contribution in [1.29, 1.82) is 0 Å². The Balaban J connectivity index is 2.35. The monoisotopic (exact) mass is 513 g/mol. The van der Waals surface area contributed by atoms with Gasteiger partial charge in [0, 0.05) is 12.8 Å². The van der Waals surface area contributed by atoms with E-state index in [4.69, 9.17) is 14.2 Å². The van der Waals surface area contributed by atoms with Gasteiger partial charge in [0.05, 0.1) is 19.3 Å². The maximum absolute atomic E-state index is 12.5. The quantitative estimate of drug-likeness (QED) is 0.146. The van der Waals surface area contributed by atoms with Gasteiger partial charge in [-0.1, -0.05) is 52.4 Å². The largest absolute Gasteiger partial charge is 0.464 e. The minimum atomic E-state index is -0.860. The number of hydrogen-bond acceptors (Lipinski definition) is 7. The van der Waals surface area contributed by atoms with Gasteiger partial charge in [0.25, 0.3) is 0 Å². The molecule has 3 atom stereocenters. The molecule has 0 aromatic heterocycles. The Kier molecular flexibility index (Phi) is 15.7. The first-order valence-electron chi connectivity index (χ1n) is 14.1. The van der Waals surface area contributed by atoms with Crippen LogP contribution in [0, 0.1) is 0 Å². The molecule has 0 radical (unpaired) electrons. The maximum Gasteiger partial charge on any atom is 0.411 e. The zero-order chi connectivity index (χ0) is 27.0. The number of rotatable bonds is 17. The first-order valence-corrected chi connectivity index (χ1v) is 14.1. The molecule has 0 aromatic carbocycles. The lowest BCUT2D eigenvalue weighted by molar-refractivity contribution is -0.150. The molecule has 1 N–H and O–H groups in total. The van der Waals surface area contributed by atoms with Gasteiger partial charge < -0.3 is 19.3 Å². The highest BCUT2D eigenvalue weighted by Crippen LogP contribution is 2.23. The predicted molar refractivity (Wildman–Crippen MR) is 140 cm³/mol. The summed E-state index contributed by atoms with van der Waals surface area (Å²) in [7, 11) is 0. The highest BCUT2D eigenvalue weighted by atomic mass is 16.6. The fraction of sp³-hybridized carbons (Fsp3) is 0.893. The van der Waals surface area contributed by atoms with Crippen LogP contribution in [-0.4, -0.2) is 65.0 Å². The average Bonchev–Trinajstić information content (AvgIpc) is 3.19.